The number of thiazole rings is 1. The van der Waals surface area contributed by atoms with Gasteiger partial charge in [0.05, 0.1) is 31.0 Å². The maximum absolute atomic E-state index is 11.4. The van der Waals surface area contributed by atoms with Gasteiger partial charge in [-0.25, -0.2) is 4.98 Å². The van der Waals surface area contributed by atoms with E-state index >= 15 is 0 Å². The van der Waals surface area contributed by atoms with Crippen molar-refractivity contribution >= 4 is 28.5 Å². The zero-order valence-corrected chi connectivity index (χ0v) is 13.7. The molecular formula is C15H17N3O3S. The summed E-state index contributed by atoms with van der Waals surface area (Å²) in [5.74, 6) is 1.30. The fourth-order valence-electron chi connectivity index (χ4n) is 1.87. The van der Waals surface area contributed by atoms with Crippen molar-refractivity contribution in [2.45, 2.75) is 13.8 Å². The number of carbonyl (C=O) groups is 1. The highest BCUT2D eigenvalue weighted by Gasteiger charge is 2.10. The van der Waals surface area contributed by atoms with Crippen molar-refractivity contribution in [2.75, 3.05) is 19.6 Å². The number of rotatable bonds is 6. The van der Waals surface area contributed by atoms with Gasteiger partial charge in [-0.2, -0.15) is 5.10 Å². The number of carbonyl (C=O) groups excluding carboxylic acids is 1. The van der Waals surface area contributed by atoms with Crippen molar-refractivity contribution in [3.8, 4) is 11.5 Å². The van der Waals surface area contributed by atoms with Crippen LogP contribution in [0.25, 0.3) is 0 Å². The van der Waals surface area contributed by atoms with Gasteiger partial charge in [0.2, 0.25) is 5.13 Å². The molecule has 6 nitrogen and oxygen atoms in total. The second kappa shape index (κ2) is 7.04. The summed E-state index contributed by atoms with van der Waals surface area (Å²) in [4.78, 5) is 16.3. The molecule has 116 valence electrons. The number of anilines is 1. The van der Waals surface area contributed by atoms with Gasteiger partial charge in [0.25, 0.3) is 0 Å². The van der Waals surface area contributed by atoms with E-state index < -0.39 is 0 Å². The molecule has 0 saturated heterocycles. The van der Waals surface area contributed by atoms with E-state index in [1.54, 1.807) is 27.4 Å². The Morgan fingerprint density at radius 3 is 2.64 bits per heavy atom. The smallest absolute Gasteiger partial charge is 0.204 e. The molecule has 0 radical (unpaired) electrons. The van der Waals surface area contributed by atoms with E-state index in [0.29, 0.717) is 27.2 Å². The number of ketones is 1. The third-order valence-corrected chi connectivity index (χ3v) is 4.06. The second-order valence-corrected chi connectivity index (χ2v) is 5.47. The van der Waals surface area contributed by atoms with Crippen molar-refractivity contribution in [3.63, 3.8) is 0 Å². The third kappa shape index (κ3) is 3.62. The average molecular weight is 319 g/mol. The Kier molecular flexibility index (Phi) is 5.11. The number of aromatic nitrogens is 1. The van der Waals surface area contributed by atoms with E-state index in [1.807, 2.05) is 18.2 Å². The van der Waals surface area contributed by atoms with E-state index in [9.17, 15) is 4.79 Å². The van der Waals surface area contributed by atoms with Crippen molar-refractivity contribution in [1.29, 1.82) is 0 Å². The molecule has 1 aromatic heterocycles. The molecule has 0 saturated carbocycles. The first-order valence-corrected chi connectivity index (χ1v) is 7.36. The minimum atomic E-state index is 0.00641. The van der Waals surface area contributed by atoms with Gasteiger partial charge in [0.1, 0.15) is 0 Å². The second-order valence-electron chi connectivity index (χ2n) is 4.47. The highest BCUT2D eigenvalue weighted by molar-refractivity contribution is 7.17. The number of hydrogen-bond acceptors (Lipinski definition) is 7. The predicted molar refractivity (Wildman–Crippen MR) is 87.6 cm³/mol. The average Bonchev–Trinajstić information content (AvgIpc) is 2.88. The summed E-state index contributed by atoms with van der Waals surface area (Å²) in [5.41, 5.74) is 4.39. The molecule has 2 rings (SSSR count). The number of Topliss-reactive ketones (excluding diaryl/α,β-unsaturated/α-hetero) is 1. The van der Waals surface area contributed by atoms with Gasteiger partial charge in [-0.15, -0.1) is 0 Å². The highest BCUT2D eigenvalue weighted by Crippen LogP contribution is 2.27. The van der Waals surface area contributed by atoms with Gasteiger partial charge >= 0.3 is 0 Å². The van der Waals surface area contributed by atoms with Crippen LogP contribution < -0.4 is 14.9 Å². The number of aryl methyl sites for hydroxylation is 1. The summed E-state index contributed by atoms with van der Waals surface area (Å²) in [5, 5.41) is 4.70. The third-order valence-electron chi connectivity index (χ3n) is 2.90. The summed E-state index contributed by atoms with van der Waals surface area (Å²) >= 11 is 1.29. The lowest BCUT2D eigenvalue weighted by atomic mass is 10.2. The largest absolute Gasteiger partial charge is 0.493 e. The molecule has 0 aliphatic heterocycles. The summed E-state index contributed by atoms with van der Waals surface area (Å²) in [6.07, 6.45) is 1.64. The number of methoxy groups -OCH3 is 2. The Hall–Kier alpha value is -2.41. The van der Waals surface area contributed by atoms with Crippen LogP contribution in [0.3, 0.4) is 0 Å². The van der Waals surface area contributed by atoms with Gasteiger partial charge in [-0.05, 0) is 30.7 Å². The Balaban J connectivity index is 2.09. The minimum Gasteiger partial charge on any atom is -0.493 e. The van der Waals surface area contributed by atoms with Gasteiger partial charge in [-0.1, -0.05) is 11.3 Å². The predicted octanol–water partition coefficient (Wildman–Crippen LogP) is 3.12. The minimum absolute atomic E-state index is 0.00641. The van der Waals surface area contributed by atoms with Crippen LogP contribution in [0, 0.1) is 6.92 Å². The maximum Gasteiger partial charge on any atom is 0.204 e. The van der Waals surface area contributed by atoms with E-state index in [-0.39, 0.29) is 5.78 Å². The van der Waals surface area contributed by atoms with Crippen LogP contribution in [0.1, 0.15) is 27.9 Å². The number of ether oxygens (including phenoxy) is 2. The molecule has 0 amide bonds. The molecule has 0 fully saturated rings. The van der Waals surface area contributed by atoms with E-state index in [4.69, 9.17) is 9.47 Å². The number of nitrogens with zero attached hydrogens (tertiary/aromatic N) is 2. The van der Waals surface area contributed by atoms with Gasteiger partial charge < -0.3 is 9.47 Å². The lowest BCUT2D eigenvalue weighted by Crippen LogP contribution is -1.93. The molecule has 0 spiro atoms. The van der Waals surface area contributed by atoms with Crippen LogP contribution in [0.2, 0.25) is 0 Å². The van der Waals surface area contributed by atoms with Crippen molar-refractivity contribution in [2.24, 2.45) is 5.10 Å². The molecule has 0 aliphatic rings. The van der Waals surface area contributed by atoms with E-state index in [1.165, 1.54) is 18.3 Å². The highest BCUT2D eigenvalue weighted by atomic mass is 32.1. The van der Waals surface area contributed by atoms with Crippen LogP contribution in [0.5, 0.6) is 11.5 Å². The molecule has 2 aromatic rings. The molecule has 0 aliphatic carbocycles. The molecule has 7 heteroatoms. The molecule has 0 atom stereocenters. The Labute approximate surface area is 132 Å². The molecular weight excluding hydrogens is 302 g/mol. The van der Waals surface area contributed by atoms with Crippen molar-refractivity contribution in [3.05, 3.63) is 34.3 Å². The normalized spacial score (nSPS) is 10.7. The van der Waals surface area contributed by atoms with Gasteiger partial charge in [0.15, 0.2) is 17.3 Å². The Morgan fingerprint density at radius 2 is 2.05 bits per heavy atom. The first kappa shape index (κ1) is 16.0. The zero-order chi connectivity index (χ0) is 16.1. The van der Waals surface area contributed by atoms with Crippen LogP contribution in [-0.4, -0.2) is 31.2 Å². The van der Waals surface area contributed by atoms with Crippen LogP contribution in [0.4, 0.5) is 5.13 Å². The SMILES string of the molecule is COc1ccc(/C=N\Nc2nc(C)c(C(C)=O)s2)cc1OC. The Bertz CT molecular complexity index is 710. The number of benzene rings is 1. The molecule has 1 aromatic carbocycles. The molecule has 22 heavy (non-hydrogen) atoms. The van der Waals surface area contributed by atoms with E-state index in [2.05, 4.69) is 15.5 Å². The summed E-state index contributed by atoms with van der Waals surface area (Å²) in [7, 11) is 3.17. The van der Waals surface area contributed by atoms with Crippen LogP contribution >= 0.6 is 11.3 Å². The zero-order valence-electron chi connectivity index (χ0n) is 12.8. The quantitative estimate of drug-likeness (QED) is 0.503. The fraction of sp³-hybridized carbons (Fsp3) is 0.267. The standard InChI is InChI=1S/C15H17N3O3S/c1-9-14(10(2)19)22-15(17-9)18-16-8-11-5-6-12(20-3)13(7-11)21-4/h5-8H,1-4H3,(H,17,18)/b16-8-. The number of nitrogens with one attached hydrogen (secondary N) is 1. The molecule has 0 unspecified atom stereocenters. The van der Waals surface area contributed by atoms with Crippen LogP contribution in [-0.2, 0) is 0 Å². The van der Waals surface area contributed by atoms with Gasteiger partial charge in [-0.3, -0.25) is 10.2 Å². The monoisotopic (exact) mass is 319 g/mol. The topological polar surface area (TPSA) is 72.8 Å². The fourth-order valence-corrected chi connectivity index (χ4v) is 2.68. The Morgan fingerprint density at radius 1 is 1.32 bits per heavy atom. The van der Waals surface area contributed by atoms with Crippen molar-refractivity contribution in [1.82, 2.24) is 4.98 Å². The lowest BCUT2D eigenvalue weighted by Gasteiger charge is -2.07. The van der Waals surface area contributed by atoms with E-state index in [0.717, 1.165) is 5.56 Å². The number of hydrazone groups is 1. The molecule has 1 heterocycles. The molecule has 0 bridgehead atoms. The van der Waals surface area contributed by atoms with Crippen molar-refractivity contribution < 1.29 is 14.3 Å². The van der Waals surface area contributed by atoms with Gasteiger partial charge in [0, 0.05) is 6.92 Å². The van der Waals surface area contributed by atoms with Crippen LogP contribution in [0.15, 0.2) is 23.3 Å². The molecule has 1 N–H and O–H groups in total. The lowest BCUT2D eigenvalue weighted by molar-refractivity contribution is 0.102. The first-order valence-electron chi connectivity index (χ1n) is 6.54. The summed E-state index contributed by atoms with van der Waals surface area (Å²) in [6.45, 7) is 3.33. The maximum atomic E-state index is 11.4. The summed E-state index contributed by atoms with van der Waals surface area (Å²) < 4.78 is 10.4. The first-order chi connectivity index (χ1) is 10.5. The number of hydrogen-bond donors (Lipinski definition) is 1. The summed E-state index contributed by atoms with van der Waals surface area (Å²) in [6, 6.07) is 5.49.